The highest BCUT2D eigenvalue weighted by Gasteiger charge is 2.43. The van der Waals surface area contributed by atoms with Crippen LogP contribution in [0.4, 0.5) is 0 Å². The lowest BCUT2D eigenvalue weighted by Crippen LogP contribution is -2.47. The minimum Gasteiger partial charge on any atom is -0.325 e. The van der Waals surface area contributed by atoms with Crippen molar-refractivity contribution in [2.45, 2.75) is 95.2 Å². The number of aryl methyl sites for hydroxylation is 1. The van der Waals surface area contributed by atoms with Gasteiger partial charge in [0, 0.05) is 18.1 Å². The molecule has 0 radical (unpaired) electrons. The Morgan fingerprint density at radius 2 is 1.69 bits per heavy atom. The monoisotopic (exact) mass is 506 g/mol. The Bertz CT molecular complexity index is 1160. The number of imidazole rings is 1. The first-order valence-corrected chi connectivity index (χ1v) is 14.0. The first-order chi connectivity index (χ1) is 17.0. The highest BCUT2D eigenvalue weighted by Crippen LogP contribution is 2.44. The Balaban J connectivity index is 0.00000267. The number of piperidine rings is 2. The van der Waals surface area contributed by atoms with Crippen molar-refractivity contribution in [1.82, 2.24) is 19.8 Å². The smallest absolute Gasteiger partial charge is 0.106 e. The highest BCUT2D eigenvalue weighted by molar-refractivity contribution is 5.85. The van der Waals surface area contributed by atoms with Gasteiger partial charge in [-0.25, -0.2) is 4.98 Å². The number of nitrogens with one attached hydrogen (secondary N) is 1. The van der Waals surface area contributed by atoms with E-state index in [1.807, 2.05) is 0 Å². The Morgan fingerprint density at radius 3 is 2.42 bits per heavy atom. The highest BCUT2D eigenvalue weighted by atomic mass is 35.5. The van der Waals surface area contributed by atoms with E-state index in [1.165, 1.54) is 68.4 Å². The van der Waals surface area contributed by atoms with Gasteiger partial charge < -0.3 is 9.88 Å². The molecular weight excluding hydrogens is 464 g/mol. The van der Waals surface area contributed by atoms with Gasteiger partial charge in [-0.2, -0.15) is 0 Å². The average molecular weight is 507 g/mol. The fraction of sp³-hybridized carbons (Fsp3) is 0.581. The maximum atomic E-state index is 4.88. The Kier molecular flexibility index (Phi) is 7.49. The average Bonchev–Trinajstić information content (AvgIpc) is 3.34. The van der Waals surface area contributed by atoms with Gasteiger partial charge in [-0.1, -0.05) is 50.2 Å². The summed E-state index contributed by atoms with van der Waals surface area (Å²) in [6, 6.07) is 20.3. The van der Waals surface area contributed by atoms with Gasteiger partial charge in [-0.3, -0.25) is 4.90 Å². The number of hydrogen-bond donors (Lipinski definition) is 1. The lowest BCUT2D eigenvalue weighted by Gasteiger charge is -2.44. The summed E-state index contributed by atoms with van der Waals surface area (Å²) in [6.07, 6.45) is 9.10. The van der Waals surface area contributed by atoms with Gasteiger partial charge in [-0.15, -0.1) is 12.4 Å². The van der Waals surface area contributed by atoms with E-state index in [0.717, 1.165) is 30.7 Å². The van der Waals surface area contributed by atoms with Gasteiger partial charge in [0.25, 0.3) is 0 Å². The number of rotatable bonds is 6. The molecule has 4 heterocycles. The van der Waals surface area contributed by atoms with Crippen molar-refractivity contribution >= 4 is 23.4 Å². The van der Waals surface area contributed by atoms with Crippen LogP contribution in [0.15, 0.2) is 48.5 Å². The fourth-order valence-electron chi connectivity index (χ4n) is 7.61. The van der Waals surface area contributed by atoms with Crippen LogP contribution in [0.2, 0.25) is 0 Å². The van der Waals surface area contributed by atoms with E-state index >= 15 is 0 Å². The predicted octanol–water partition coefficient (Wildman–Crippen LogP) is 6.77. The molecular formula is C31H43ClN4. The van der Waals surface area contributed by atoms with E-state index in [-0.39, 0.29) is 12.4 Å². The molecule has 3 aliphatic heterocycles. The zero-order valence-electron chi connectivity index (χ0n) is 22.2. The second-order valence-electron chi connectivity index (χ2n) is 11.8. The SMILES string of the molecule is Cc1nc2ccccc2n1C1CC2CCC(C1)N2CCC1(c2cccc(C(C)C)c2)CCNCC1.Cl. The number of halogens is 1. The molecule has 3 aromatic rings. The van der Waals surface area contributed by atoms with Crippen LogP contribution in [0.5, 0.6) is 0 Å². The van der Waals surface area contributed by atoms with E-state index in [0.29, 0.717) is 17.4 Å². The van der Waals surface area contributed by atoms with Crippen LogP contribution < -0.4 is 5.32 Å². The summed E-state index contributed by atoms with van der Waals surface area (Å²) in [6.45, 7) is 10.4. The molecule has 0 saturated carbocycles. The van der Waals surface area contributed by atoms with Crippen LogP contribution in [0.1, 0.15) is 87.7 Å². The summed E-state index contributed by atoms with van der Waals surface area (Å²) in [5, 5.41) is 3.63. The lowest BCUT2D eigenvalue weighted by molar-refractivity contribution is 0.0929. The quantitative estimate of drug-likeness (QED) is 0.400. The van der Waals surface area contributed by atoms with Crippen molar-refractivity contribution in [2.24, 2.45) is 0 Å². The number of para-hydroxylation sites is 2. The third-order valence-electron chi connectivity index (χ3n) is 9.57. The van der Waals surface area contributed by atoms with E-state index in [1.54, 1.807) is 5.56 Å². The van der Waals surface area contributed by atoms with E-state index < -0.39 is 0 Å². The summed E-state index contributed by atoms with van der Waals surface area (Å²) in [4.78, 5) is 7.80. The molecule has 0 aliphatic carbocycles. The maximum absolute atomic E-state index is 4.88. The van der Waals surface area contributed by atoms with Crippen molar-refractivity contribution in [3.8, 4) is 0 Å². The zero-order chi connectivity index (χ0) is 24.0. The van der Waals surface area contributed by atoms with Crippen LogP contribution >= 0.6 is 12.4 Å². The molecule has 3 fully saturated rings. The summed E-state index contributed by atoms with van der Waals surface area (Å²) in [5.41, 5.74) is 5.87. The van der Waals surface area contributed by atoms with Gasteiger partial charge in [0.1, 0.15) is 5.82 Å². The minimum atomic E-state index is 0. The van der Waals surface area contributed by atoms with Gasteiger partial charge in [0.15, 0.2) is 0 Å². The minimum absolute atomic E-state index is 0. The van der Waals surface area contributed by atoms with Crippen molar-refractivity contribution in [3.05, 3.63) is 65.5 Å². The van der Waals surface area contributed by atoms with Gasteiger partial charge in [0.2, 0.25) is 0 Å². The van der Waals surface area contributed by atoms with Crippen LogP contribution in [0.25, 0.3) is 11.0 Å². The molecule has 1 N–H and O–H groups in total. The molecule has 4 nitrogen and oxygen atoms in total. The van der Waals surface area contributed by atoms with Crippen molar-refractivity contribution < 1.29 is 0 Å². The number of benzene rings is 2. The number of fused-ring (bicyclic) bond motifs is 3. The summed E-state index contributed by atoms with van der Waals surface area (Å²) in [7, 11) is 0. The van der Waals surface area contributed by atoms with E-state index in [4.69, 9.17) is 4.98 Å². The second-order valence-corrected chi connectivity index (χ2v) is 11.8. The number of nitrogens with zero attached hydrogens (tertiary/aromatic N) is 3. The third-order valence-corrected chi connectivity index (χ3v) is 9.57. The first-order valence-electron chi connectivity index (χ1n) is 14.0. The van der Waals surface area contributed by atoms with Crippen LogP contribution in [-0.4, -0.2) is 46.2 Å². The van der Waals surface area contributed by atoms with Crippen molar-refractivity contribution in [1.29, 1.82) is 0 Å². The lowest BCUT2D eigenvalue weighted by atomic mass is 9.70. The molecule has 2 atom stereocenters. The van der Waals surface area contributed by atoms with Gasteiger partial charge >= 0.3 is 0 Å². The number of hydrogen-bond acceptors (Lipinski definition) is 3. The van der Waals surface area contributed by atoms with Crippen LogP contribution in [0, 0.1) is 6.92 Å². The second kappa shape index (κ2) is 10.5. The molecule has 0 amide bonds. The van der Waals surface area contributed by atoms with Crippen molar-refractivity contribution in [3.63, 3.8) is 0 Å². The molecule has 2 aromatic carbocycles. The normalized spacial score (nSPS) is 25.8. The molecule has 1 aromatic heterocycles. The molecule has 2 unspecified atom stereocenters. The zero-order valence-corrected chi connectivity index (χ0v) is 23.1. The summed E-state index contributed by atoms with van der Waals surface area (Å²) in [5.74, 6) is 1.77. The molecule has 194 valence electrons. The third kappa shape index (κ3) is 4.61. The molecule has 0 spiro atoms. The molecule has 3 aliphatic rings. The summed E-state index contributed by atoms with van der Waals surface area (Å²) >= 11 is 0. The largest absolute Gasteiger partial charge is 0.325 e. The Morgan fingerprint density at radius 1 is 0.972 bits per heavy atom. The number of aromatic nitrogens is 2. The van der Waals surface area contributed by atoms with Gasteiger partial charge in [-0.05, 0) is 106 Å². The Hall–Kier alpha value is -1.88. The van der Waals surface area contributed by atoms with Crippen LogP contribution in [0.3, 0.4) is 0 Å². The Labute approximate surface area is 223 Å². The summed E-state index contributed by atoms with van der Waals surface area (Å²) < 4.78 is 2.56. The topological polar surface area (TPSA) is 33.1 Å². The molecule has 36 heavy (non-hydrogen) atoms. The molecule has 5 heteroatoms. The van der Waals surface area contributed by atoms with Crippen molar-refractivity contribution in [2.75, 3.05) is 19.6 Å². The predicted molar refractivity (Wildman–Crippen MR) is 152 cm³/mol. The fourth-order valence-corrected chi connectivity index (χ4v) is 7.61. The maximum Gasteiger partial charge on any atom is 0.106 e. The molecule has 2 bridgehead atoms. The van der Waals surface area contributed by atoms with Gasteiger partial charge in [0.05, 0.1) is 11.0 Å². The molecule has 3 saturated heterocycles. The standard InChI is InChI=1S/C31H42N4.ClH/c1-22(2)24-7-6-8-25(19-24)31(13-16-32-17-14-31)15-18-34-26-11-12-27(34)21-28(20-26)35-23(3)33-29-9-4-5-10-30(29)35;/h4-10,19,22,26-28,32H,11-18,20-21H2,1-3H3;1H. The van der Waals surface area contributed by atoms with E-state index in [9.17, 15) is 0 Å². The first kappa shape index (κ1) is 25.8. The van der Waals surface area contributed by atoms with Crippen LogP contribution in [-0.2, 0) is 5.41 Å². The molecule has 6 rings (SSSR count). The van der Waals surface area contributed by atoms with E-state index in [2.05, 4.69) is 84.1 Å².